The number of benzene rings is 1. The molecule has 0 radical (unpaired) electrons. The summed E-state index contributed by atoms with van der Waals surface area (Å²) in [5.41, 5.74) is 5.84. The molecule has 5 nitrogen and oxygen atoms in total. The lowest BCUT2D eigenvalue weighted by Gasteiger charge is -2.10. The molecule has 6 heteroatoms. The van der Waals surface area contributed by atoms with Crippen LogP contribution in [0.2, 0.25) is 0 Å². The number of nitrogens with two attached hydrogens (primary N) is 1. The fourth-order valence-electron chi connectivity index (χ4n) is 1.13. The molecule has 0 aliphatic carbocycles. The largest absolute Gasteiger partial charge is 0.330 e. The van der Waals surface area contributed by atoms with Crippen LogP contribution in [0.5, 0.6) is 0 Å². The number of nitrogens with zero attached hydrogens (tertiary/aromatic N) is 1. The highest BCUT2D eigenvalue weighted by molar-refractivity contribution is 7.89. The van der Waals surface area contributed by atoms with Crippen LogP contribution in [-0.2, 0) is 10.0 Å². The van der Waals surface area contributed by atoms with Crippen molar-refractivity contribution >= 4 is 10.0 Å². The third kappa shape index (κ3) is 3.82. The molecule has 17 heavy (non-hydrogen) atoms. The van der Waals surface area contributed by atoms with Crippen LogP contribution in [0.25, 0.3) is 0 Å². The SMILES string of the molecule is CC(CN)CNS(=O)(=O)c1ccc(C#N)cc1. The maximum absolute atomic E-state index is 11.8. The maximum atomic E-state index is 11.8. The normalized spacial score (nSPS) is 13.0. The van der Waals surface area contributed by atoms with Gasteiger partial charge in [-0.05, 0) is 36.7 Å². The van der Waals surface area contributed by atoms with E-state index in [0.717, 1.165) is 0 Å². The fraction of sp³-hybridized carbons (Fsp3) is 0.364. The molecular weight excluding hydrogens is 238 g/mol. The Morgan fingerprint density at radius 3 is 2.47 bits per heavy atom. The van der Waals surface area contributed by atoms with Gasteiger partial charge in [0.2, 0.25) is 10.0 Å². The van der Waals surface area contributed by atoms with Crippen LogP contribution in [0, 0.1) is 17.2 Å². The van der Waals surface area contributed by atoms with Crippen LogP contribution >= 0.6 is 0 Å². The van der Waals surface area contributed by atoms with Gasteiger partial charge in [-0.3, -0.25) is 0 Å². The lowest BCUT2D eigenvalue weighted by Crippen LogP contribution is -2.31. The molecule has 0 bridgehead atoms. The van der Waals surface area contributed by atoms with Gasteiger partial charge in [0.05, 0.1) is 16.5 Å². The number of nitriles is 1. The quantitative estimate of drug-likeness (QED) is 0.795. The van der Waals surface area contributed by atoms with Crippen molar-refractivity contribution in [3.05, 3.63) is 29.8 Å². The van der Waals surface area contributed by atoms with E-state index in [0.29, 0.717) is 18.7 Å². The first-order valence-corrected chi connectivity index (χ1v) is 6.68. The molecule has 0 spiro atoms. The molecule has 0 saturated heterocycles. The van der Waals surface area contributed by atoms with E-state index in [1.807, 2.05) is 13.0 Å². The molecule has 1 aromatic carbocycles. The van der Waals surface area contributed by atoms with Crippen LogP contribution in [0.1, 0.15) is 12.5 Å². The van der Waals surface area contributed by atoms with Gasteiger partial charge in [-0.1, -0.05) is 6.92 Å². The Bertz CT molecular complexity index is 503. The number of hydrogen-bond acceptors (Lipinski definition) is 4. The average molecular weight is 253 g/mol. The smallest absolute Gasteiger partial charge is 0.240 e. The molecule has 0 amide bonds. The monoisotopic (exact) mass is 253 g/mol. The average Bonchev–Trinajstić information content (AvgIpc) is 2.36. The number of rotatable bonds is 5. The third-order valence-electron chi connectivity index (χ3n) is 2.32. The van der Waals surface area contributed by atoms with E-state index in [2.05, 4.69) is 4.72 Å². The summed E-state index contributed by atoms with van der Waals surface area (Å²) in [6.07, 6.45) is 0. The Morgan fingerprint density at radius 1 is 1.41 bits per heavy atom. The number of hydrogen-bond donors (Lipinski definition) is 2. The summed E-state index contributed by atoms with van der Waals surface area (Å²) in [7, 11) is -3.51. The van der Waals surface area contributed by atoms with E-state index in [1.54, 1.807) is 0 Å². The number of sulfonamides is 1. The Morgan fingerprint density at radius 2 is 2.00 bits per heavy atom. The van der Waals surface area contributed by atoms with E-state index < -0.39 is 10.0 Å². The third-order valence-corrected chi connectivity index (χ3v) is 3.76. The highest BCUT2D eigenvalue weighted by atomic mass is 32.2. The molecule has 3 N–H and O–H groups in total. The minimum Gasteiger partial charge on any atom is -0.330 e. The minimum absolute atomic E-state index is 0.0863. The molecule has 1 aromatic rings. The zero-order valence-electron chi connectivity index (χ0n) is 9.55. The van der Waals surface area contributed by atoms with Gasteiger partial charge in [0, 0.05) is 6.54 Å². The summed E-state index contributed by atoms with van der Waals surface area (Å²) in [5.74, 6) is 0.0863. The zero-order valence-corrected chi connectivity index (χ0v) is 10.4. The molecule has 0 heterocycles. The second-order valence-electron chi connectivity index (χ2n) is 3.83. The lowest BCUT2D eigenvalue weighted by atomic mass is 10.2. The Kier molecular flexibility index (Phi) is 4.63. The standard InChI is InChI=1S/C11H15N3O2S/c1-9(6-12)8-14-17(15,16)11-4-2-10(7-13)3-5-11/h2-5,9,14H,6,8,12H2,1H3. The summed E-state index contributed by atoms with van der Waals surface area (Å²) in [5, 5.41) is 8.61. The van der Waals surface area contributed by atoms with Gasteiger partial charge < -0.3 is 5.73 Å². The summed E-state index contributed by atoms with van der Waals surface area (Å²) in [6, 6.07) is 7.70. The molecule has 92 valence electrons. The lowest BCUT2D eigenvalue weighted by molar-refractivity contribution is 0.545. The van der Waals surface area contributed by atoms with E-state index >= 15 is 0 Å². The van der Waals surface area contributed by atoms with Gasteiger partial charge in [0.1, 0.15) is 0 Å². The summed E-state index contributed by atoms with van der Waals surface area (Å²) in [6.45, 7) is 2.59. The van der Waals surface area contributed by atoms with Crippen LogP contribution < -0.4 is 10.5 Å². The molecule has 0 aliphatic rings. The van der Waals surface area contributed by atoms with Crippen molar-refractivity contribution in [1.29, 1.82) is 5.26 Å². The zero-order chi connectivity index (χ0) is 12.9. The van der Waals surface area contributed by atoms with Crippen molar-refractivity contribution in [3.63, 3.8) is 0 Å². The van der Waals surface area contributed by atoms with Crippen molar-refractivity contribution in [1.82, 2.24) is 4.72 Å². The van der Waals surface area contributed by atoms with Gasteiger partial charge in [0.15, 0.2) is 0 Å². The topological polar surface area (TPSA) is 96.0 Å². The van der Waals surface area contributed by atoms with Gasteiger partial charge >= 0.3 is 0 Å². The predicted molar refractivity (Wildman–Crippen MR) is 64.6 cm³/mol. The summed E-state index contributed by atoms with van der Waals surface area (Å²) >= 11 is 0. The van der Waals surface area contributed by atoms with Crippen molar-refractivity contribution in [2.24, 2.45) is 11.7 Å². The van der Waals surface area contributed by atoms with E-state index in [-0.39, 0.29) is 10.8 Å². The second-order valence-corrected chi connectivity index (χ2v) is 5.60. The molecule has 0 aliphatic heterocycles. The Labute approximate surface area is 101 Å². The molecule has 0 aromatic heterocycles. The van der Waals surface area contributed by atoms with Gasteiger partial charge in [0.25, 0.3) is 0 Å². The fourth-order valence-corrected chi connectivity index (χ4v) is 2.29. The van der Waals surface area contributed by atoms with Crippen molar-refractivity contribution in [2.45, 2.75) is 11.8 Å². The van der Waals surface area contributed by atoms with Crippen LogP contribution in [0.3, 0.4) is 0 Å². The molecule has 0 fully saturated rings. The molecular formula is C11H15N3O2S. The maximum Gasteiger partial charge on any atom is 0.240 e. The minimum atomic E-state index is -3.51. The highest BCUT2D eigenvalue weighted by Crippen LogP contribution is 2.10. The second kappa shape index (κ2) is 5.77. The Balaban J connectivity index is 2.79. The van der Waals surface area contributed by atoms with Gasteiger partial charge in [-0.2, -0.15) is 5.26 Å². The van der Waals surface area contributed by atoms with Gasteiger partial charge in [-0.25, -0.2) is 13.1 Å². The van der Waals surface area contributed by atoms with Crippen LogP contribution in [0.4, 0.5) is 0 Å². The van der Waals surface area contributed by atoms with E-state index in [1.165, 1.54) is 24.3 Å². The van der Waals surface area contributed by atoms with Crippen molar-refractivity contribution in [3.8, 4) is 6.07 Å². The van der Waals surface area contributed by atoms with E-state index in [9.17, 15) is 8.42 Å². The first-order chi connectivity index (χ1) is 7.99. The number of nitrogens with one attached hydrogen (secondary N) is 1. The molecule has 0 saturated carbocycles. The van der Waals surface area contributed by atoms with Gasteiger partial charge in [-0.15, -0.1) is 0 Å². The van der Waals surface area contributed by atoms with Crippen LogP contribution in [-0.4, -0.2) is 21.5 Å². The first kappa shape index (κ1) is 13.6. The summed E-state index contributed by atoms with van der Waals surface area (Å²) in [4.78, 5) is 0.153. The van der Waals surface area contributed by atoms with E-state index in [4.69, 9.17) is 11.0 Å². The van der Waals surface area contributed by atoms with Crippen LogP contribution in [0.15, 0.2) is 29.2 Å². The molecule has 1 unspecified atom stereocenters. The Hall–Kier alpha value is -1.42. The molecule has 1 atom stereocenters. The highest BCUT2D eigenvalue weighted by Gasteiger charge is 2.14. The first-order valence-electron chi connectivity index (χ1n) is 5.19. The summed E-state index contributed by atoms with van der Waals surface area (Å²) < 4.78 is 26.1. The predicted octanol–water partition coefficient (Wildman–Crippen LogP) is 0.431. The van der Waals surface area contributed by atoms with Crippen molar-refractivity contribution in [2.75, 3.05) is 13.1 Å². The molecule has 1 rings (SSSR count). The van der Waals surface area contributed by atoms with Crippen molar-refractivity contribution < 1.29 is 8.42 Å².